The van der Waals surface area contributed by atoms with Crippen LogP contribution < -0.4 is 10.6 Å². The molecular weight excluding hydrogens is 558 g/mol. The summed E-state index contributed by atoms with van der Waals surface area (Å²) in [5, 5.41) is 18.9. The number of ether oxygens (including phenoxy) is 1. The number of likely N-dealkylation sites (N-methyl/N-ethyl adjacent to an activating group) is 2. The summed E-state index contributed by atoms with van der Waals surface area (Å²) < 4.78 is 4.70. The van der Waals surface area contributed by atoms with Crippen LogP contribution in [-0.4, -0.2) is 96.0 Å². The first-order valence-electron chi connectivity index (χ1n) is 15.1. The highest BCUT2D eigenvalue weighted by atomic mass is 32.1. The van der Waals surface area contributed by atoms with Crippen LogP contribution in [0, 0.1) is 17.8 Å². The van der Waals surface area contributed by atoms with Crippen molar-refractivity contribution in [3.05, 3.63) is 16.1 Å². The first-order valence-corrected chi connectivity index (χ1v) is 16.0. The van der Waals surface area contributed by atoms with Crippen molar-refractivity contribution in [2.75, 3.05) is 34.3 Å². The summed E-state index contributed by atoms with van der Waals surface area (Å²) >= 11 is 1.19. The predicted molar refractivity (Wildman–Crippen MR) is 163 cm³/mol. The third kappa shape index (κ3) is 9.74. The highest BCUT2D eigenvalue weighted by Crippen LogP contribution is 2.28. The minimum Gasteiger partial charge on any atom is -0.469 e. The van der Waals surface area contributed by atoms with Crippen LogP contribution in [0.1, 0.15) is 94.7 Å². The van der Waals surface area contributed by atoms with Gasteiger partial charge in [-0.3, -0.25) is 24.1 Å². The molecule has 1 aromatic rings. The molecule has 3 amide bonds. The second-order valence-electron chi connectivity index (χ2n) is 11.9. The first-order chi connectivity index (χ1) is 19.8. The molecule has 12 heteroatoms. The van der Waals surface area contributed by atoms with E-state index in [0.29, 0.717) is 11.4 Å². The number of hydrogen-bond acceptors (Lipinski definition) is 9. The summed E-state index contributed by atoms with van der Waals surface area (Å²) in [6, 6.07) is -1.23. The van der Waals surface area contributed by atoms with E-state index in [1.54, 1.807) is 24.3 Å². The lowest BCUT2D eigenvalue weighted by Gasteiger charge is -2.38. The Morgan fingerprint density at radius 2 is 1.90 bits per heavy atom. The van der Waals surface area contributed by atoms with Gasteiger partial charge in [0.15, 0.2) is 0 Å². The third-order valence-electron chi connectivity index (χ3n) is 8.44. The highest BCUT2D eigenvalue weighted by Gasteiger charge is 2.36. The molecule has 2 rings (SSSR count). The fourth-order valence-corrected chi connectivity index (χ4v) is 6.08. The average Bonchev–Trinajstić information content (AvgIpc) is 3.47. The Balaban J connectivity index is 2.07. The first kappa shape index (κ1) is 35.6. The Bertz CT molecular complexity index is 1050. The van der Waals surface area contributed by atoms with Gasteiger partial charge in [0.25, 0.3) is 5.91 Å². The number of nitrogens with one attached hydrogen (secondary N) is 2. The van der Waals surface area contributed by atoms with Crippen LogP contribution in [-0.2, 0) is 19.1 Å². The van der Waals surface area contributed by atoms with E-state index in [1.807, 2.05) is 34.7 Å². The lowest BCUT2D eigenvalue weighted by molar-refractivity contribution is -0.145. The van der Waals surface area contributed by atoms with E-state index in [2.05, 4.69) is 20.5 Å². The smallest absolute Gasteiger partial charge is 0.308 e. The fraction of sp³-hybridized carbons (Fsp3) is 0.767. The van der Waals surface area contributed by atoms with Crippen LogP contribution in [0.2, 0.25) is 0 Å². The van der Waals surface area contributed by atoms with E-state index in [4.69, 9.17) is 4.74 Å². The number of amides is 3. The summed E-state index contributed by atoms with van der Waals surface area (Å²) in [7, 11) is 5.01. The number of carbonyl (C=O) groups excluding carboxylic acids is 4. The zero-order valence-electron chi connectivity index (χ0n) is 26.5. The van der Waals surface area contributed by atoms with E-state index >= 15 is 0 Å². The topological polar surface area (TPSA) is 141 Å². The number of aromatic nitrogens is 1. The minimum atomic E-state index is -0.980. The number of likely N-dealkylation sites (tertiary alicyclic amines) is 1. The van der Waals surface area contributed by atoms with Crippen molar-refractivity contribution >= 4 is 35.0 Å². The molecule has 2 unspecified atom stereocenters. The van der Waals surface area contributed by atoms with Gasteiger partial charge in [-0.15, -0.1) is 11.3 Å². The highest BCUT2D eigenvalue weighted by molar-refractivity contribution is 7.09. The van der Waals surface area contributed by atoms with Crippen molar-refractivity contribution in [1.82, 2.24) is 25.4 Å². The number of nitrogens with zero attached hydrogens (tertiary/aromatic N) is 3. The Kier molecular flexibility index (Phi) is 14.3. The van der Waals surface area contributed by atoms with Crippen molar-refractivity contribution in [3.63, 3.8) is 0 Å². The Labute approximate surface area is 254 Å². The molecule has 0 aliphatic carbocycles. The van der Waals surface area contributed by atoms with Gasteiger partial charge in [-0.2, -0.15) is 0 Å². The minimum absolute atomic E-state index is 0.0193. The van der Waals surface area contributed by atoms with Crippen LogP contribution >= 0.6 is 11.3 Å². The zero-order chi connectivity index (χ0) is 31.6. The molecule has 0 spiro atoms. The van der Waals surface area contributed by atoms with Gasteiger partial charge in [0, 0.05) is 31.4 Å². The van der Waals surface area contributed by atoms with Crippen molar-refractivity contribution in [1.29, 1.82) is 0 Å². The molecule has 1 fully saturated rings. The molecule has 238 valence electrons. The SMILES string of the molecule is CCC(C)[C@H](NC(=O)[C@H]1CCCCN1C)C(=O)N(C)C(C[C@@H](O)c1nc(C(=O)NCC[C@H](C)C(=O)OC)cs1)C(C)C. The van der Waals surface area contributed by atoms with Crippen LogP contribution in [0.25, 0.3) is 0 Å². The van der Waals surface area contributed by atoms with E-state index in [-0.39, 0.29) is 72.2 Å². The van der Waals surface area contributed by atoms with Gasteiger partial charge in [0.2, 0.25) is 11.8 Å². The van der Waals surface area contributed by atoms with E-state index in [0.717, 1.165) is 32.2 Å². The van der Waals surface area contributed by atoms with Gasteiger partial charge in [0.1, 0.15) is 22.8 Å². The quantitative estimate of drug-likeness (QED) is 0.258. The second-order valence-corrected chi connectivity index (χ2v) is 12.8. The van der Waals surface area contributed by atoms with Crippen LogP contribution in [0.5, 0.6) is 0 Å². The number of thiazole rings is 1. The summed E-state index contributed by atoms with van der Waals surface area (Å²) in [6.45, 7) is 10.8. The van der Waals surface area contributed by atoms with E-state index in [9.17, 15) is 24.3 Å². The molecule has 6 atom stereocenters. The molecule has 0 saturated carbocycles. The number of methoxy groups -OCH3 is 1. The van der Waals surface area contributed by atoms with Crippen LogP contribution in [0.4, 0.5) is 0 Å². The number of aliphatic hydroxyl groups is 1. The molecule has 1 saturated heterocycles. The number of aliphatic hydroxyl groups excluding tert-OH is 1. The number of rotatable bonds is 15. The summed E-state index contributed by atoms with van der Waals surface area (Å²) in [5.41, 5.74) is 0.192. The molecule has 1 aliphatic rings. The number of hydrogen-bond donors (Lipinski definition) is 3. The predicted octanol–water partition coefficient (Wildman–Crippen LogP) is 2.99. The average molecular weight is 610 g/mol. The van der Waals surface area contributed by atoms with Crippen LogP contribution in [0.3, 0.4) is 0 Å². The number of carbonyl (C=O) groups is 4. The second kappa shape index (κ2) is 16.9. The maximum absolute atomic E-state index is 13.8. The number of piperidine rings is 1. The molecule has 42 heavy (non-hydrogen) atoms. The lowest BCUT2D eigenvalue weighted by Crippen LogP contribution is -2.58. The largest absolute Gasteiger partial charge is 0.469 e. The molecule has 2 heterocycles. The maximum atomic E-state index is 13.8. The van der Waals surface area contributed by atoms with Gasteiger partial charge < -0.3 is 25.4 Å². The molecule has 0 bridgehead atoms. The van der Waals surface area contributed by atoms with Crippen molar-refractivity contribution in [2.45, 2.75) is 97.4 Å². The van der Waals surface area contributed by atoms with Crippen molar-refractivity contribution < 1.29 is 29.0 Å². The Hall–Kier alpha value is -2.57. The van der Waals surface area contributed by atoms with Crippen molar-refractivity contribution in [2.24, 2.45) is 17.8 Å². The molecule has 3 N–H and O–H groups in total. The third-order valence-corrected chi connectivity index (χ3v) is 9.38. The Morgan fingerprint density at radius 1 is 1.21 bits per heavy atom. The van der Waals surface area contributed by atoms with E-state index in [1.165, 1.54) is 18.4 Å². The monoisotopic (exact) mass is 609 g/mol. The molecule has 0 radical (unpaired) electrons. The number of esters is 1. The van der Waals surface area contributed by atoms with Crippen LogP contribution in [0.15, 0.2) is 5.38 Å². The summed E-state index contributed by atoms with van der Waals surface area (Å²) in [6.07, 6.45) is 3.25. The molecule has 1 aliphatic heterocycles. The van der Waals surface area contributed by atoms with Gasteiger partial charge in [-0.05, 0) is 44.7 Å². The van der Waals surface area contributed by atoms with Gasteiger partial charge in [-0.25, -0.2) is 4.98 Å². The molecular formula is C30H51N5O6S. The maximum Gasteiger partial charge on any atom is 0.308 e. The zero-order valence-corrected chi connectivity index (χ0v) is 27.3. The fourth-order valence-electron chi connectivity index (χ4n) is 5.29. The van der Waals surface area contributed by atoms with Gasteiger partial charge >= 0.3 is 5.97 Å². The summed E-state index contributed by atoms with van der Waals surface area (Å²) in [5.74, 6) is -1.39. The molecule has 11 nitrogen and oxygen atoms in total. The lowest BCUT2D eigenvalue weighted by atomic mass is 9.92. The van der Waals surface area contributed by atoms with Gasteiger partial charge in [0.05, 0.1) is 19.1 Å². The summed E-state index contributed by atoms with van der Waals surface area (Å²) in [4.78, 5) is 59.2. The van der Waals surface area contributed by atoms with Crippen molar-refractivity contribution in [3.8, 4) is 0 Å². The molecule has 0 aromatic carbocycles. The standard InChI is InChI=1S/C30H51N5O6S/c1-9-19(4)25(33-27(38)22-12-10-11-15-34(22)6)29(39)35(7)23(18(2)3)16-24(36)28-32-21(17-42-28)26(37)31-14-13-20(5)30(40)41-8/h17-20,22-25,36H,9-16H2,1-8H3,(H,31,37)(H,33,38)/t19?,20-,22+,23?,24+,25-/m0/s1. The van der Waals surface area contributed by atoms with E-state index < -0.39 is 12.1 Å². The van der Waals surface area contributed by atoms with Gasteiger partial charge in [-0.1, -0.05) is 47.5 Å². The molecule has 1 aromatic heterocycles. The normalized spacial score (nSPS) is 19.3. The Morgan fingerprint density at radius 3 is 2.50 bits per heavy atom.